The molecular formula is C2H3F3KNO. The van der Waals surface area contributed by atoms with Crippen LogP contribution in [0.5, 0.6) is 0 Å². The molecule has 0 radical (unpaired) electrons. The maximum atomic E-state index is 10.7. The quantitative estimate of drug-likeness (QED) is 0.463. The van der Waals surface area contributed by atoms with Crippen LogP contribution in [-0.2, 0) is 4.79 Å². The molecule has 1 amide bonds. The van der Waals surface area contributed by atoms with Gasteiger partial charge in [-0.05, 0) is 0 Å². The summed E-state index contributed by atoms with van der Waals surface area (Å²) in [5.41, 5.74) is 3.81. The summed E-state index contributed by atoms with van der Waals surface area (Å²) in [7, 11) is 0. The molecule has 0 aliphatic rings. The molecule has 6 heteroatoms. The number of halogens is 3. The molecule has 0 aliphatic carbocycles. The van der Waals surface area contributed by atoms with E-state index in [1.54, 1.807) is 0 Å². The van der Waals surface area contributed by atoms with Crippen molar-refractivity contribution in [3.05, 3.63) is 0 Å². The van der Waals surface area contributed by atoms with Gasteiger partial charge in [0.15, 0.2) is 0 Å². The summed E-state index contributed by atoms with van der Waals surface area (Å²) in [4.78, 5) is 9.12. The predicted molar refractivity (Wildman–Crippen MR) is 22.4 cm³/mol. The average molecular weight is 153 g/mol. The number of rotatable bonds is 0. The van der Waals surface area contributed by atoms with E-state index in [0.717, 1.165) is 0 Å². The van der Waals surface area contributed by atoms with Gasteiger partial charge >= 0.3 is 63.5 Å². The third-order valence-electron chi connectivity index (χ3n) is 0.279. The summed E-state index contributed by atoms with van der Waals surface area (Å²) < 4.78 is 32.1. The molecule has 0 fully saturated rings. The normalized spacial score (nSPS) is 9.88. The molecule has 0 atom stereocenters. The van der Waals surface area contributed by atoms with Gasteiger partial charge < -0.3 is 5.73 Å². The van der Waals surface area contributed by atoms with Crippen molar-refractivity contribution in [2.75, 3.05) is 0 Å². The van der Waals surface area contributed by atoms with Gasteiger partial charge in [0.05, 0.1) is 0 Å². The molecule has 2 N–H and O–H groups in total. The summed E-state index contributed by atoms with van der Waals surface area (Å²) in [6.07, 6.45) is -4.86. The van der Waals surface area contributed by atoms with Crippen LogP contribution >= 0.6 is 0 Å². The van der Waals surface area contributed by atoms with Crippen LogP contribution in [-0.4, -0.2) is 63.5 Å². The predicted octanol–water partition coefficient (Wildman–Crippen LogP) is -0.614. The molecule has 0 aliphatic heterocycles. The Kier molecular flexibility index (Phi) is 5.59. The van der Waals surface area contributed by atoms with E-state index in [2.05, 4.69) is 5.73 Å². The van der Waals surface area contributed by atoms with Crippen molar-refractivity contribution in [1.29, 1.82) is 0 Å². The van der Waals surface area contributed by atoms with Gasteiger partial charge in [-0.1, -0.05) is 0 Å². The fraction of sp³-hybridized carbons (Fsp3) is 0.500. The number of amides is 1. The van der Waals surface area contributed by atoms with Crippen molar-refractivity contribution in [3.63, 3.8) is 0 Å². The Labute approximate surface area is 86.0 Å². The fourth-order valence-corrected chi connectivity index (χ4v) is 0. The molecule has 0 saturated heterocycles. The summed E-state index contributed by atoms with van der Waals surface area (Å²) in [5, 5.41) is 0. The minimum atomic E-state index is -4.86. The molecule has 0 unspecified atom stereocenters. The first-order valence-corrected chi connectivity index (χ1v) is 1.31. The first kappa shape index (κ1) is 11.7. The molecular weight excluding hydrogens is 150 g/mol. The Morgan fingerprint density at radius 1 is 1.38 bits per heavy atom. The molecule has 0 heterocycles. The van der Waals surface area contributed by atoms with Crippen LogP contribution in [0.1, 0.15) is 0 Å². The van der Waals surface area contributed by atoms with Crippen molar-refractivity contribution < 1.29 is 18.0 Å². The minimum absolute atomic E-state index is 0. The Balaban J connectivity index is 0. The van der Waals surface area contributed by atoms with Crippen LogP contribution in [0.4, 0.5) is 13.2 Å². The van der Waals surface area contributed by atoms with Gasteiger partial charge in [0.2, 0.25) is 0 Å². The third kappa shape index (κ3) is 5.04. The Morgan fingerprint density at radius 3 is 1.50 bits per heavy atom. The van der Waals surface area contributed by atoms with Crippen molar-refractivity contribution in [2.24, 2.45) is 5.73 Å². The maximum absolute atomic E-state index is 10.7. The molecule has 0 aromatic carbocycles. The van der Waals surface area contributed by atoms with Gasteiger partial charge in [-0.25, -0.2) is 0 Å². The zero-order chi connectivity index (χ0) is 6.08. The van der Waals surface area contributed by atoms with Crippen molar-refractivity contribution >= 4 is 57.3 Å². The molecule has 0 aromatic rings. The number of primary amides is 1. The summed E-state index contributed by atoms with van der Waals surface area (Å²) in [6.45, 7) is 0. The molecule has 0 aromatic heterocycles. The molecule has 8 heavy (non-hydrogen) atoms. The van der Waals surface area contributed by atoms with E-state index in [1.807, 2.05) is 0 Å². The second-order valence-corrected chi connectivity index (χ2v) is 0.862. The fourth-order valence-electron chi connectivity index (χ4n) is 0. The van der Waals surface area contributed by atoms with Gasteiger partial charge in [0, 0.05) is 0 Å². The number of hydrogen-bond donors (Lipinski definition) is 1. The van der Waals surface area contributed by atoms with E-state index in [-0.39, 0.29) is 51.4 Å². The van der Waals surface area contributed by atoms with Crippen molar-refractivity contribution in [2.45, 2.75) is 6.18 Å². The van der Waals surface area contributed by atoms with Crippen LogP contribution in [0, 0.1) is 0 Å². The van der Waals surface area contributed by atoms with Crippen LogP contribution in [0.3, 0.4) is 0 Å². The summed E-state index contributed by atoms with van der Waals surface area (Å²) in [6, 6.07) is 0. The van der Waals surface area contributed by atoms with Crippen LogP contribution in [0.25, 0.3) is 0 Å². The molecule has 0 rings (SSSR count). The van der Waals surface area contributed by atoms with Crippen molar-refractivity contribution in [3.8, 4) is 0 Å². The average Bonchev–Trinajstić information content (AvgIpc) is 1.31. The SMILES string of the molecule is NC(=O)C(F)(F)F.[KH]. The molecule has 44 valence electrons. The van der Waals surface area contributed by atoms with E-state index in [0.29, 0.717) is 0 Å². The molecule has 0 spiro atoms. The van der Waals surface area contributed by atoms with Gasteiger partial charge in [-0.3, -0.25) is 4.79 Å². The zero-order valence-electron chi connectivity index (χ0n) is 3.12. The molecule has 0 bridgehead atoms. The second-order valence-electron chi connectivity index (χ2n) is 0.862. The number of alkyl halides is 3. The summed E-state index contributed by atoms with van der Waals surface area (Å²) in [5.74, 6) is -2.26. The van der Waals surface area contributed by atoms with E-state index < -0.39 is 12.1 Å². The monoisotopic (exact) mass is 153 g/mol. The Bertz CT molecular complexity index is 89.8. The first-order valence-electron chi connectivity index (χ1n) is 1.31. The van der Waals surface area contributed by atoms with Gasteiger partial charge in [-0.2, -0.15) is 13.2 Å². The van der Waals surface area contributed by atoms with E-state index >= 15 is 0 Å². The van der Waals surface area contributed by atoms with E-state index in [4.69, 9.17) is 4.79 Å². The van der Waals surface area contributed by atoms with Crippen molar-refractivity contribution in [1.82, 2.24) is 0 Å². The Hall–Kier alpha value is 0.896. The van der Waals surface area contributed by atoms with Crippen LogP contribution < -0.4 is 5.73 Å². The third-order valence-corrected chi connectivity index (χ3v) is 0.279. The van der Waals surface area contributed by atoms with E-state index in [1.165, 1.54) is 0 Å². The number of carbonyl (C=O) groups excluding carboxylic acids is 1. The second kappa shape index (κ2) is 3.83. The first-order chi connectivity index (χ1) is 2.94. The van der Waals surface area contributed by atoms with Gasteiger partial charge in [0.25, 0.3) is 0 Å². The van der Waals surface area contributed by atoms with Gasteiger partial charge in [-0.15, -0.1) is 0 Å². The van der Waals surface area contributed by atoms with Crippen LogP contribution in [0.2, 0.25) is 0 Å². The number of hydrogen-bond acceptors (Lipinski definition) is 1. The van der Waals surface area contributed by atoms with Gasteiger partial charge in [0.1, 0.15) is 0 Å². The molecule has 2 nitrogen and oxygen atoms in total. The zero-order valence-corrected chi connectivity index (χ0v) is 3.12. The molecule has 0 saturated carbocycles. The number of carbonyl (C=O) groups is 1. The van der Waals surface area contributed by atoms with E-state index in [9.17, 15) is 13.2 Å². The van der Waals surface area contributed by atoms with Crippen LogP contribution in [0.15, 0.2) is 0 Å². The topological polar surface area (TPSA) is 43.1 Å². The standard InChI is InChI=1S/C2H2F3NO.K.H/c3-2(4,5)1(6)7;;/h(H2,6,7);;. The Morgan fingerprint density at radius 2 is 1.50 bits per heavy atom. The summed E-state index contributed by atoms with van der Waals surface area (Å²) >= 11 is 0. The number of nitrogens with two attached hydrogens (primary N) is 1.